The highest BCUT2D eigenvalue weighted by molar-refractivity contribution is 5.93. The number of primary amides is 1. The van der Waals surface area contributed by atoms with Crippen molar-refractivity contribution < 1.29 is 9.59 Å². The predicted molar refractivity (Wildman–Crippen MR) is 50.1 cm³/mol. The van der Waals surface area contributed by atoms with Gasteiger partial charge in [0, 0.05) is 5.56 Å². The first kappa shape index (κ1) is 9.19. The van der Waals surface area contributed by atoms with Crippen LogP contribution in [0.4, 0.5) is 0 Å². The molecule has 0 radical (unpaired) electrons. The van der Waals surface area contributed by atoms with Gasteiger partial charge in [-0.1, -0.05) is 18.2 Å². The van der Waals surface area contributed by atoms with Crippen LogP contribution in [0.15, 0.2) is 30.3 Å². The van der Waals surface area contributed by atoms with Crippen molar-refractivity contribution >= 4 is 18.3 Å². The molecule has 0 atom stereocenters. The van der Waals surface area contributed by atoms with Gasteiger partial charge in [0.05, 0.1) is 0 Å². The Hall–Kier alpha value is -1.90. The SMILES string of the molecule is NC(=O)c1ccc(/C=C/C=O)cc1. The number of amides is 1. The van der Waals surface area contributed by atoms with Crippen molar-refractivity contribution in [2.24, 2.45) is 5.73 Å². The fourth-order valence-electron chi connectivity index (χ4n) is 0.909. The van der Waals surface area contributed by atoms with E-state index in [4.69, 9.17) is 5.73 Å². The average molecular weight is 175 g/mol. The van der Waals surface area contributed by atoms with Crippen LogP contribution in [0, 0.1) is 0 Å². The fraction of sp³-hybridized carbons (Fsp3) is 0. The van der Waals surface area contributed by atoms with Gasteiger partial charge in [-0.05, 0) is 23.8 Å². The summed E-state index contributed by atoms with van der Waals surface area (Å²) in [5.74, 6) is -0.453. The molecule has 2 N–H and O–H groups in total. The zero-order valence-corrected chi connectivity index (χ0v) is 6.94. The second-order valence-electron chi connectivity index (χ2n) is 2.48. The lowest BCUT2D eigenvalue weighted by Crippen LogP contribution is -2.10. The van der Waals surface area contributed by atoms with Crippen LogP contribution < -0.4 is 5.73 Å². The molecular formula is C10H9NO2. The minimum atomic E-state index is -0.453. The molecule has 0 fully saturated rings. The number of hydrogen-bond acceptors (Lipinski definition) is 2. The van der Waals surface area contributed by atoms with Crippen molar-refractivity contribution in [1.82, 2.24) is 0 Å². The summed E-state index contributed by atoms with van der Waals surface area (Å²) in [5, 5.41) is 0. The number of aldehydes is 1. The Bertz CT molecular complexity index is 338. The maximum atomic E-state index is 10.7. The van der Waals surface area contributed by atoms with Crippen LogP contribution in [0.1, 0.15) is 15.9 Å². The first-order valence-electron chi connectivity index (χ1n) is 3.76. The minimum absolute atomic E-state index is 0.453. The lowest BCUT2D eigenvalue weighted by molar-refractivity contribution is -0.104. The molecular weight excluding hydrogens is 166 g/mol. The summed E-state index contributed by atoms with van der Waals surface area (Å²) in [6.45, 7) is 0. The molecule has 0 aliphatic rings. The maximum absolute atomic E-state index is 10.7. The van der Waals surface area contributed by atoms with Crippen molar-refractivity contribution in [2.75, 3.05) is 0 Å². The van der Waals surface area contributed by atoms with Crippen LogP contribution in [0.2, 0.25) is 0 Å². The topological polar surface area (TPSA) is 60.2 Å². The van der Waals surface area contributed by atoms with Gasteiger partial charge >= 0.3 is 0 Å². The Morgan fingerprint density at radius 1 is 1.23 bits per heavy atom. The summed E-state index contributed by atoms with van der Waals surface area (Å²) < 4.78 is 0. The standard InChI is InChI=1S/C10H9NO2/c11-10(13)9-5-3-8(4-6-9)2-1-7-12/h1-7H,(H2,11,13)/b2-1+. The van der Waals surface area contributed by atoms with Crippen molar-refractivity contribution in [3.8, 4) is 0 Å². The van der Waals surface area contributed by atoms with E-state index in [1.165, 1.54) is 6.08 Å². The van der Waals surface area contributed by atoms with E-state index >= 15 is 0 Å². The molecule has 0 unspecified atom stereocenters. The van der Waals surface area contributed by atoms with E-state index in [1.54, 1.807) is 30.3 Å². The normalized spacial score (nSPS) is 10.2. The van der Waals surface area contributed by atoms with E-state index in [1.807, 2.05) is 0 Å². The second-order valence-corrected chi connectivity index (χ2v) is 2.48. The van der Waals surface area contributed by atoms with Gasteiger partial charge in [0.25, 0.3) is 0 Å². The van der Waals surface area contributed by atoms with Gasteiger partial charge in [0.15, 0.2) is 0 Å². The molecule has 3 nitrogen and oxygen atoms in total. The molecule has 0 aromatic heterocycles. The van der Waals surface area contributed by atoms with Crippen molar-refractivity contribution in [3.05, 3.63) is 41.5 Å². The molecule has 0 saturated carbocycles. The quantitative estimate of drug-likeness (QED) is 0.550. The van der Waals surface area contributed by atoms with E-state index in [2.05, 4.69) is 0 Å². The highest BCUT2D eigenvalue weighted by Crippen LogP contribution is 2.04. The molecule has 1 aromatic carbocycles. The number of allylic oxidation sites excluding steroid dienone is 1. The Morgan fingerprint density at radius 3 is 2.31 bits per heavy atom. The Balaban J connectivity index is 2.87. The summed E-state index contributed by atoms with van der Waals surface area (Å²) in [6, 6.07) is 6.68. The van der Waals surface area contributed by atoms with Crippen LogP contribution >= 0.6 is 0 Å². The van der Waals surface area contributed by atoms with Crippen LogP contribution in [0.5, 0.6) is 0 Å². The van der Waals surface area contributed by atoms with Crippen LogP contribution in [-0.4, -0.2) is 12.2 Å². The summed E-state index contributed by atoms with van der Waals surface area (Å²) in [7, 11) is 0. The third-order valence-corrected chi connectivity index (χ3v) is 1.56. The summed E-state index contributed by atoms with van der Waals surface area (Å²) in [6.07, 6.45) is 3.74. The lowest BCUT2D eigenvalue weighted by Gasteiger charge is -1.95. The highest BCUT2D eigenvalue weighted by Gasteiger charge is 1.97. The van der Waals surface area contributed by atoms with Crippen LogP contribution in [0.25, 0.3) is 6.08 Å². The number of carbonyl (C=O) groups excluding carboxylic acids is 2. The maximum Gasteiger partial charge on any atom is 0.248 e. The van der Waals surface area contributed by atoms with Crippen molar-refractivity contribution in [2.45, 2.75) is 0 Å². The van der Waals surface area contributed by atoms with Crippen LogP contribution in [0.3, 0.4) is 0 Å². The third kappa shape index (κ3) is 2.56. The fourth-order valence-corrected chi connectivity index (χ4v) is 0.909. The minimum Gasteiger partial charge on any atom is -0.366 e. The molecule has 0 aliphatic carbocycles. The molecule has 3 heteroatoms. The van der Waals surface area contributed by atoms with E-state index in [0.717, 1.165) is 5.56 Å². The third-order valence-electron chi connectivity index (χ3n) is 1.56. The zero-order chi connectivity index (χ0) is 9.68. The van der Waals surface area contributed by atoms with Gasteiger partial charge in [-0.15, -0.1) is 0 Å². The molecule has 13 heavy (non-hydrogen) atoms. The summed E-state index contributed by atoms with van der Waals surface area (Å²) >= 11 is 0. The Morgan fingerprint density at radius 2 is 1.85 bits per heavy atom. The van der Waals surface area contributed by atoms with Gasteiger partial charge in [0.2, 0.25) is 5.91 Å². The van der Waals surface area contributed by atoms with E-state index < -0.39 is 5.91 Å². The molecule has 66 valence electrons. The van der Waals surface area contributed by atoms with Gasteiger partial charge in [-0.2, -0.15) is 0 Å². The van der Waals surface area contributed by atoms with Gasteiger partial charge in [-0.25, -0.2) is 0 Å². The number of hydrogen-bond donors (Lipinski definition) is 1. The number of rotatable bonds is 3. The zero-order valence-electron chi connectivity index (χ0n) is 6.94. The molecule has 1 amide bonds. The number of carbonyl (C=O) groups is 2. The first-order chi connectivity index (χ1) is 6.24. The molecule has 0 bridgehead atoms. The summed E-state index contributed by atoms with van der Waals surface area (Å²) in [5.41, 5.74) is 6.37. The highest BCUT2D eigenvalue weighted by atomic mass is 16.1. The molecule has 1 aromatic rings. The smallest absolute Gasteiger partial charge is 0.248 e. The molecule has 0 spiro atoms. The molecule has 0 saturated heterocycles. The molecule has 0 heterocycles. The second kappa shape index (κ2) is 4.21. The molecule has 1 rings (SSSR count). The first-order valence-corrected chi connectivity index (χ1v) is 3.76. The Kier molecular flexibility index (Phi) is 2.97. The van der Waals surface area contributed by atoms with Gasteiger partial charge in [0.1, 0.15) is 6.29 Å². The Labute approximate surface area is 75.9 Å². The monoisotopic (exact) mass is 175 g/mol. The van der Waals surface area contributed by atoms with Crippen molar-refractivity contribution in [1.29, 1.82) is 0 Å². The van der Waals surface area contributed by atoms with E-state index in [-0.39, 0.29) is 0 Å². The lowest BCUT2D eigenvalue weighted by atomic mass is 10.1. The largest absolute Gasteiger partial charge is 0.366 e. The van der Waals surface area contributed by atoms with E-state index in [0.29, 0.717) is 11.8 Å². The van der Waals surface area contributed by atoms with Crippen LogP contribution in [-0.2, 0) is 4.79 Å². The average Bonchev–Trinajstić information content (AvgIpc) is 2.15. The molecule has 0 aliphatic heterocycles. The predicted octanol–water partition coefficient (Wildman–Crippen LogP) is 0.998. The van der Waals surface area contributed by atoms with E-state index in [9.17, 15) is 9.59 Å². The number of nitrogens with two attached hydrogens (primary N) is 1. The summed E-state index contributed by atoms with van der Waals surface area (Å²) in [4.78, 5) is 20.7. The van der Waals surface area contributed by atoms with Gasteiger partial charge < -0.3 is 5.73 Å². The van der Waals surface area contributed by atoms with Crippen molar-refractivity contribution in [3.63, 3.8) is 0 Å². The van der Waals surface area contributed by atoms with Gasteiger partial charge in [-0.3, -0.25) is 9.59 Å². The number of benzene rings is 1.